The van der Waals surface area contributed by atoms with Gasteiger partial charge in [0.05, 0.1) is 23.0 Å². The van der Waals surface area contributed by atoms with Gasteiger partial charge in [-0.3, -0.25) is 9.35 Å². The van der Waals surface area contributed by atoms with Crippen molar-refractivity contribution in [2.75, 3.05) is 11.9 Å². The van der Waals surface area contributed by atoms with Crippen LogP contribution < -0.4 is 44.7 Å². The van der Waals surface area contributed by atoms with Crippen molar-refractivity contribution < 1.29 is 57.2 Å². The van der Waals surface area contributed by atoms with Gasteiger partial charge in [-0.25, -0.2) is 0 Å². The van der Waals surface area contributed by atoms with Crippen molar-refractivity contribution in [1.29, 1.82) is 0 Å². The topological polar surface area (TPSA) is 140 Å². The zero-order valence-electron chi connectivity index (χ0n) is 21.0. The van der Waals surface area contributed by atoms with Gasteiger partial charge in [0.2, 0.25) is 0 Å². The van der Waals surface area contributed by atoms with Crippen molar-refractivity contribution in [2.45, 2.75) is 18.7 Å². The van der Waals surface area contributed by atoms with Crippen LogP contribution in [0.25, 0.3) is 10.8 Å². The second-order valence-corrected chi connectivity index (χ2v) is 10.3. The van der Waals surface area contributed by atoms with Crippen LogP contribution in [-0.4, -0.2) is 25.5 Å². The fraction of sp³-hybridized carbons (Fsp3) is 0.115. The van der Waals surface area contributed by atoms with Crippen LogP contribution >= 0.6 is 23.2 Å². The van der Waals surface area contributed by atoms with Crippen LogP contribution in [0.3, 0.4) is 0 Å². The first kappa shape index (κ1) is 30.8. The molecule has 0 aliphatic carbocycles. The van der Waals surface area contributed by atoms with Gasteiger partial charge in [-0.1, -0.05) is 53.2 Å². The van der Waals surface area contributed by atoms with Crippen LogP contribution in [-0.2, 0) is 10.1 Å². The molecule has 0 aliphatic rings. The SMILES string of the molecule is CCOc1cc(NC(=O)c2cc3ccccc3c(N=Nc3cc(Cl)c(C)c(S(=O)(=O)O)c3)c2[O-])ccc1Cl.[Na+]. The van der Waals surface area contributed by atoms with E-state index in [1.807, 2.05) is 0 Å². The Morgan fingerprint density at radius 1 is 1.05 bits per heavy atom. The summed E-state index contributed by atoms with van der Waals surface area (Å²) in [5, 5.41) is 25.5. The first-order valence-electron chi connectivity index (χ1n) is 11.2. The third-order valence-corrected chi connectivity index (χ3v) is 7.22. The van der Waals surface area contributed by atoms with Crippen molar-refractivity contribution >= 4 is 67.1 Å². The maximum absolute atomic E-state index is 13.4. The van der Waals surface area contributed by atoms with Crippen LogP contribution in [0, 0.1) is 6.92 Å². The molecule has 0 radical (unpaired) electrons. The van der Waals surface area contributed by atoms with Crippen molar-refractivity contribution in [3.8, 4) is 11.5 Å². The molecule has 39 heavy (non-hydrogen) atoms. The van der Waals surface area contributed by atoms with Gasteiger partial charge in [0.25, 0.3) is 16.0 Å². The number of hydrogen-bond acceptors (Lipinski definition) is 7. The summed E-state index contributed by atoms with van der Waals surface area (Å²) in [4.78, 5) is 12.7. The van der Waals surface area contributed by atoms with Gasteiger partial charge in [0.1, 0.15) is 10.6 Å². The number of benzene rings is 4. The summed E-state index contributed by atoms with van der Waals surface area (Å²) < 4.78 is 38.4. The van der Waals surface area contributed by atoms with E-state index in [9.17, 15) is 22.9 Å². The predicted molar refractivity (Wildman–Crippen MR) is 144 cm³/mol. The third kappa shape index (κ3) is 6.90. The van der Waals surface area contributed by atoms with E-state index in [2.05, 4.69) is 15.5 Å². The summed E-state index contributed by atoms with van der Waals surface area (Å²) in [5.74, 6) is -1.01. The van der Waals surface area contributed by atoms with Crippen molar-refractivity contribution in [3.05, 3.63) is 81.8 Å². The largest absolute Gasteiger partial charge is 1.00 e. The first-order chi connectivity index (χ1) is 18.0. The third-order valence-electron chi connectivity index (χ3n) is 5.53. The van der Waals surface area contributed by atoms with E-state index in [1.165, 1.54) is 19.1 Å². The van der Waals surface area contributed by atoms with E-state index >= 15 is 0 Å². The summed E-state index contributed by atoms with van der Waals surface area (Å²) in [6, 6.07) is 15.3. The molecule has 1 amide bonds. The number of ether oxygens (including phenoxy) is 1. The summed E-state index contributed by atoms with van der Waals surface area (Å²) in [5.41, 5.74) is 0.161. The molecule has 0 aromatic heterocycles. The molecule has 196 valence electrons. The van der Waals surface area contributed by atoms with E-state index in [0.29, 0.717) is 33.8 Å². The van der Waals surface area contributed by atoms with Crippen molar-refractivity contribution in [3.63, 3.8) is 0 Å². The second kappa shape index (κ2) is 12.6. The quantitative estimate of drug-likeness (QED) is 0.189. The Balaban J connectivity index is 0.00000420. The fourth-order valence-electron chi connectivity index (χ4n) is 3.70. The maximum Gasteiger partial charge on any atom is 1.00 e. The Bertz CT molecular complexity index is 1710. The molecule has 4 aromatic carbocycles. The number of halogens is 2. The minimum absolute atomic E-state index is 0. The molecule has 0 spiro atoms. The van der Waals surface area contributed by atoms with Gasteiger partial charge >= 0.3 is 29.6 Å². The molecular weight excluding hydrogens is 576 g/mol. The number of rotatable bonds is 7. The zero-order chi connectivity index (χ0) is 27.6. The van der Waals surface area contributed by atoms with E-state index in [1.54, 1.807) is 49.4 Å². The molecule has 0 bridgehead atoms. The standard InChI is InChI=1S/C26H21Cl2N3O6S.Na/c1-3-37-22-12-16(8-9-20(22)27)29-26(33)19-10-15-6-4-5-7-18(15)24(25(19)32)31-30-17-11-21(28)14(2)23(13-17)38(34,35)36;/h4-13,32H,3H2,1-2H3,(H,29,33)(H,34,35,36);/q;+1/p-1. The van der Waals surface area contributed by atoms with Gasteiger partial charge < -0.3 is 15.2 Å². The Morgan fingerprint density at radius 2 is 1.77 bits per heavy atom. The summed E-state index contributed by atoms with van der Waals surface area (Å²) in [6.45, 7) is 3.60. The van der Waals surface area contributed by atoms with E-state index in [0.717, 1.165) is 6.07 Å². The monoisotopic (exact) mass is 595 g/mol. The van der Waals surface area contributed by atoms with Crippen LogP contribution in [0.2, 0.25) is 10.0 Å². The predicted octanol–water partition coefficient (Wildman–Crippen LogP) is 3.85. The van der Waals surface area contributed by atoms with Gasteiger partial charge in [0, 0.05) is 27.7 Å². The Kier molecular flexibility index (Phi) is 10.0. The van der Waals surface area contributed by atoms with Gasteiger partial charge in [-0.15, -0.1) is 0 Å². The molecular formula is C26H20Cl2N3NaO6S. The fourth-order valence-corrected chi connectivity index (χ4v) is 4.90. The number of nitrogens with zero attached hydrogens (tertiary/aromatic N) is 2. The molecule has 4 rings (SSSR count). The molecule has 0 saturated heterocycles. The Labute approximate surface area is 256 Å². The average molecular weight is 596 g/mol. The summed E-state index contributed by atoms with van der Waals surface area (Å²) >= 11 is 12.2. The Morgan fingerprint density at radius 3 is 2.46 bits per heavy atom. The Hall–Kier alpha value is -2.70. The van der Waals surface area contributed by atoms with Crippen LogP contribution in [0.15, 0.2) is 75.8 Å². The molecule has 0 heterocycles. The number of hydrogen-bond donors (Lipinski definition) is 2. The minimum Gasteiger partial charge on any atom is -0.870 e. The number of fused-ring (bicyclic) bond motifs is 1. The van der Waals surface area contributed by atoms with Gasteiger partial charge in [-0.2, -0.15) is 18.6 Å². The van der Waals surface area contributed by atoms with Crippen LogP contribution in [0.4, 0.5) is 17.1 Å². The molecule has 4 aromatic rings. The van der Waals surface area contributed by atoms with Crippen LogP contribution in [0.5, 0.6) is 11.5 Å². The van der Waals surface area contributed by atoms with Crippen molar-refractivity contribution in [2.24, 2.45) is 10.2 Å². The second-order valence-electron chi connectivity index (χ2n) is 8.08. The van der Waals surface area contributed by atoms with E-state index in [4.69, 9.17) is 27.9 Å². The average Bonchev–Trinajstić information content (AvgIpc) is 2.86. The van der Waals surface area contributed by atoms with Crippen LogP contribution in [0.1, 0.15) is 22.8 Å². The number of azo groups is 1. The maximum atomic E-state index is 13.4. The molecule has 0 atom stereocenters. The molecule has 9 nitrogen and oxygen atoms in total. The van der Waals surface area contributed by atoms with E-state index < -0.39 is 26.7 Å². The number of carbonyl (C=O) groups excluding carboxylic acids is 1. The summed E-state index contributed by atoms with van der Waals surface area (Å²) in [7, 11) is -4.58. The minimum atomic E-state index is -4.58. The summed E-state index contributed by atoms with van der Waals surface area (Å²) in [6.07, 6.45) is 0. The smallest absolute Gasteiger partial charge is 0.870 e. The molecule has 0 saturated carbocycles. The van der Waals surface area contributed by atoms with Gasteiger partial charge in [-0.05, 0) is 55.1 Å². The number of anilines is 1. The zero-order valence-corrected chi connectivity index (χ0v) is 25.4. The van der Waals surface area contributed by atoms with Gasteiger partial charge in [0.15, 0.2) is 0 Å². The molecule has 2 N–H and O–H groups in total. The number of carbonyl (C=O) groups is 1. The number of amides is 1. The number of nitrogens with one attached hydrogen (secondary N) is 1. The first-order valence-corrected chi connectivity index (χ1v) is 13.3. The van der Waals surface area contributed by atoms with E-state index in [-0.39, 0.29) is 57.1 Å². The molecule has 0 unspecified atom stereocenters. The molecule has 13 heteroatoms. The molecule has 0 fully saturated rings. The van der Waals surface area contributed by atoms with Crippen molar-refractivity contribution in [1.82, 2.24) is 0 Å². The molecule has 0 aliphatic heterocycles. The normalized spacial score (nSPS) is 11.4.